The summed E-state index contributed by atoms with van der Waals surface area (Å²) in [6.07, 6.45) is 3.08. The van der Waals surface area contributed by atoms with Crippen molar-refractivity contribution in [3.63, 3.8) is 0 Å². The van der Waals surface area contributed by atoms with Gasteiger partial charge in [-0.1, -0.05) is 18.2 Å². The molecule has 26 heavy (non-hydrogen) atoms. The normalized spacial score (nSPS) is 17.0. The van der Waals surface area contributed by atoms with Crippen molar-refractivity contribution in [1.29, 1.82) is 0 Å². The first-order valence-electron chi connectivity index (χ1n) is 8.80. The zero-order valence-corrected chi connectivity index (χ0v) is 14.6. The molecule has 0 unspecified atom stereocenters. The Morgan fingerprint density at radius 3 is 2.85 bits per heavy atom. The van der Waals surface area contributed by atoms with E-state index in [1.165, 1.54) is 0 Å². The van der Waals surface area contributed by atoms with Gasteiger partial charge in [-0.2, -0.15) is 0 Å². The highest BCUT2D eigenvalue weighted by Crippen LogP contribution is 2.24. The zero-order chi connectivity index (χ0) is 18.1. The molecule has 1 N–H and O–H groups in total. The molecule has 0 saturated carbocycles. The third-order valence-corrected chi connectivity index (χ3v) is 5.00. The number of aryl methyl sites for hydroxylation is 1. The summed E-state index contributed by atoms with van der Waals surface area (Å²) in [4.78, 5) is 27.4. The van der Waals surface area contributed by atoms with Gasteiger partial charge in [0.1, 0.15) is 17.5 Å². The number of furan rings is 1. The Hall–Kier alpha value is -3.02. The molecule has 0 bridgehead atoms. The molecule has 6 heteroatoms. The van der Waals surface area contributed by atoms with Gasteiger partial charge in [-0.15, -0.1) is 0 Å². The number of hydrogen-bond acceptors (Lipinski definition) is 3. The smallest absolute Gasteiger partial charge is 0.271 e. The molecule has 2 amide bonds. The molecule has 134 valence electrons. The fraction of sp³-hybridized carbons (Fsp3) is 0.300. The van der Waals surface area contributed by atoms with Crippen LogP contribution in [0.25, 0.3) is 10.9 Å². The minimum Gasteiger partial charge on any atom is -0.467 e. The average molecular weight is 351 g/mol. The summed E-state index contributed by atoms with van der Waals surface area (Å²) in [5.41, 5.74) is 1.62. The fourth-order valence-electron chi connectivity index (χ4n) is 3.63. The van der Waals surface area contributed by atoms with E-state index in [4.69, 9.17) is 4.42 Å². The van der Waals surface area contributed by atoms with Gasteiger partial charge >= 0.3 is 0 Å². The predicted octanol–water partition coefficient (Wildman–Crippen LogP) is 2.69. The standard InChI is InChI=1S/C20H21N3O3/c1-22-16-8-3-2-6-14(16)12-18(22)20(25)23-10-4-9-17(23)19(24)21-13-15-7-5-11-26-15/h2-3,5-8,11-12,17H,4,9-10,13H2,1H3,(H,21,24)/t17-/m0/s1. The van der Waals surface area contributed by atoms with Crippen LogP contribution in [0.4, 0.5) is 0 Å². The SMILES string of the molecule is Cn1c(C(=O)N2CCC[C@H]2C(=O)NCc2ccco2)cc2ccccc21. The van der Waals surface area contributed by atoms with Crippen molar-refractivity contribution in [2.75, 3.05) is 6.54 Å². The number of likely N-dealkylation sites (tertiary alicyclic amines) is 1. The lowest BCUT2D eigenvalue weighted by Gasteiger charge is -2.24. The molecule has 1 atom stereocenters. The van der Waals surface area contributed by atoms with Gasteiger partial charge in [0.05, 0.1) is 12.8 Å². The van der Waals surface area contributed by atoms with Gasteiger partial charge in [0.2, 0.25) is 5.91 Å². The van der Waals surface area contributed by atoms with Crippen LogP contribution in [0.2, 0.25) is 0 Å². The van der Waals surface area contributed by atoms with E-state index in [-0.39, 0.29) is 11.8 Å². The Kier molecular flexibility index (Phi) is 4.24. The van der Waals surface area contributed by atoms with Gasteiger partial charge in [0.15, 0.2) is 0 Å². The second-order valence-electron chi connectivity index (χ2n) is 6.60. The third kappa shape index (κ3) is 2.87. The van der Waals surface area contributed by atoms with Crippen molar-refractivity contribution in [1.82, 2.24) is 14.8 Å². The maximum atomic E-state index is 13.1. The summed E-state index contributed by atoms with van der Waals surface area (Å²) < 4.78 is 7.14. The second kappa shape index (κ2) is 6.71. The molecular weight excluding hydrogens is 330 g/mol. The highest BCUT2D eigenvalue weighted by molar-refractivity contribution is 6.01. The zero-order valence-electron chi connectivity index (χ0n) is 14.6. The van der Waals surface area contributed by atoms with Crippen molar-refractivity contribution < 1.29 is 14.0 Å². The van der Waals surface area contributed by atoms with Crippen LogP contribution in [0.3, 0.4) is 0 Å². The number of aromatic nitrogens is 1. The first-order valence-corrected chi connectivity index (χ1v) is 8.80. The third-order valence-electron chi connectivity index (χ3n) is 5.00. The van der Waals surface area contributed by atoms with Crippen LogP contribution in [0.1, 0.15) is 29.1 Å². The van der Waals surface area contributed by atoms with Crippen LogP contribution in [-0.4, -0.2) is 33.9 Å². The molecular formula is C20H21N3O3. The number of para-hydroxylation sites is 1. The van der Waals surface area contributed by atoms with Gasteiger partial charge in [0, 0.05) is 24.5 Å². The molecule has 1 aliphatic rings. The highest BCUT2D eigenvalue weighted by Gasteiger charge is 2.35. The lowest BCUT2D eigenvalue weighted by molar-refractivity contribution is -0.125. The Balaban J connectivity index is 1.52. The summed E-state index contributed by atoms with van der Waals surface area (Å²) >= 11 is 0. The fourth-order valence-corrected chi connectivity index (χ4v) is 3.63. The van der Waals surface area contributed by atoms with Crippen molar-refractivity contribution in [3.05, 3.63) is 60.2 Å². The largest absolute Gasteiger partial charge is 0.467 e. The molecule has 0 spiro atoms. The monoisotopic (exact) mass is 351 g/mol. The van der Waals surface area contributed by atoms with Crippen LogP contribution in [0, 0.1) is 0 Å². The molecule has 1 aliphatic heterocycles. The Labute approximate surface area is 151 Å². The van der Waals surface area contributed by atoms with E-state index in [9.17, 15) is 9.59 Å². The number of nitrogens with zero attached hydrogens (tertiary/aromatic N) is 2. The molecule has 3 heterocycles. The first-order chi connectivity index (χ1) is 12.6. The molecule has 0 radical (unpaired) electrons. The van der Waals surface area contributed by atoms with Gasteiger partial charge in [-0.25, -0.2) is 0 Å². The molecule has 1 aromatic carbocycles. The molecule has 1 saturated heterocycles. The molecule has 2 aromatic heterocycles. The van der Waals surface area contributed by atoms with Crippen LogP contribution >= 0.6 is 0 Å². The maximum Gasteiger partial charge on any atom is 0.271 e. The molecule has 6 nitrogen and oxygen atoms in total. The highest BCUT2D eigenvalue weighted by atomic mass is 16.3. The first kappa shape index (κ1) is 16.4. The lowest BCUT2D eigenvalue weighted by Crippen LogP contribution is -2.46. The van der Waals surface area contributed by atoms with Gasteiger partial charge in [-0.3, -0.25) is 9.59 Å². The van der Waals surface area contributed by atoms with E-state index in [0.29, 0.717) is 31.0 Å². The summed E-state index contributed by atoms with van der Waals surface area (Å²) in [6.45, 7) is 0.928. The van der Waals surface area contributed by atoms with Crippen molar-refractivity contribution in [3.8, 4) is 0 Å². The second-order valence-corrected chi connectivity index (χ2v) is 6.60. The number of rotatable bonds is 4. The van der Waals surface area contributed by atoms with Crippen LogP contribution in [0.5, 0.6) is 0 Å². The number of carbonyl (C=O) groups is 2. The lowest BCUT2D eigenvalue weighted by atomic mass is 10.2. The number of hydrogen-bond donors (Lipinski definition) is 1. The molecule has 3 aromatic rings. The minimum absolute atomic E-state index is 0.0978. The van der Waals surface area contributed by atoms with E-state index >= 15 is 0 Å². The van der Waals surface area contributed by atoms with Crippen LogP contribution in [0.15, 0.2) is 53.1 Å². The summed E-state index contributed by atoms with van der Waals surface area (Å²) in [6, 6.07) is 13.0. The van der Waals surface area contributed by atoms with E-state index < -0.39 is 6.04 Å². The summed E-state index contributed by atoms with van der Waals surface area (Å²) in [5, 5.41) is 3.90. The van der Waals surface area contributed by atoms with Crippen molar-refractivity contribution in [2.24, 2.45) is 7.05 Å². The topological polar surface area (TPSA) is 67.5 Å². The number of amides is 2. The van der Waals surface area contributed by atoms with Gasteiger partial charge in [-0.05, 0) is 37.1 Å². The van der Waals surface area contributed by atoms with Crippen LogP contribution < -0.4 is 5.32 Å². The maximum absolute atomic E-state index is 13.1. The summed E-state index contributed by atoms with van der Waals surface area (Å²) in [5.74, 6) is 0.466. The number of benzene rings is 1. The Morgan fingerprint density at radius 1 is 1.23 bits per heavy atom. The van der Waals surface area contributed by atoms with E-state index in [1.807, 2.05) is 48.0 Å². The Morgan fingerprint density at radius 2 is 2.08 bits per heavy atom. The number of fused-ring (bicyclic) bond motifs is 1. The van der Waals surface area contributed by atoms with Crippen molar-refractivity contribution in [2.45, 2.75) is 25.4 Å². The van der Waals surface area contributed by atoms with Gasteiger partial charge < -0.3 is 19.2 Å². The van der Waals surface area contributed by atoms with Gasteiger partial charge in [0.25, 0.3) is 5.91 Å². The van der Waals surface area contributed by atoms with E-state index in [1.54, 1.807) is 17.2 Å². The predicted molar refractivity (Wildman–Crippen MR) is 97.5 cm³/mol. The average Bonchev–Trinajstić information content (AvgIpc) is 3.40. The quantitative estimate of drug-likeness (QED) is 0.786. The number of carbonyl (C=O) groups excluding carboxylic acids is 2. The molecule has 0 aliphatic carbocycles. The van der Waals surface area contributed by atoms with Crippen LogP contribution in [-0.2, 0) is 18.4 Å². The number of nitrogens with one attached hydrogen (secondary N) is 1. The molecule has 4 rings (SSSR count). The minimum atomic E-state index is -0.435. The van der Waals surface area contributed by atoms with Crippen molar-refractivity contribution >= 4 is 22.7 Å². The Bertz CT molecular complexity index is 943. The summed E-state index contributed by atoms with van der Waals surface area (Å²) in [7, 11) is 1.89. The molecule has 1 fully saturated rings. The van der Waals surface area contributed by atoms with E-state index in [2.05, 4.69) is 5.32 Å². The van der Waals surface area contributed by atoms with E-state index in [0.717, 1.165) is 17.3 Å².